The van der Waals surface area contributed by atoms with Gasteiger partial charge in [0.15, 0.2) is 23.0 Å². The quantitative estimate of drug-likeness (QED) is 0.118. The molecule has 0 spiro atoms. The molecule has 0 heterocycles. The van der Waals surface area contributed by atoms with Gasteiger partial charge in [0.05, 0.1) is 0 Å². The molecule has 1 aliphatic carbocycles. The summed E-state index contributed by atoms with van der Waals surface area (Å²) in [4.78, 5) is 9.83. The van der Waals surface area contributed by atoms with Crippen molar-refractivity contribution in [3.8, 4) is 34.1 Å². The summed E-state index contributed by atoms with van der Waals surface area (Å²) in [5, 5.41) is 40.6. The van der Waals surface area contributed by atoms with Crippen LogP contribution in [-0.4, -0.2) is 32.9 Å². The van der Waals surface area contributed by atoms with Crippen LogP contribution in [0.15, 0.2) is 82.8 Å². The van der Waals surface area contributed by atoms with Crippen LogP contribution in [0.3, 0.4) is 0 Å². The Hall–Kier alpha value is -3.12. The maximum atomic E-state index is 10.4. The van der Waals surface area contributed by atoms with Crippen LogP contribution in [0.1, 0.15) is 22.3 Å². The van der Waals surface area contributed by atoms with Crippen molar-refractivity contribution in [2.24, 2.45) is 9.98 Å². The van der Waals surface area contributed by atoms with Gasteiger partial charge in [0.1, 0.15) is 0 Å². The van der Waals surface area contributed by atoms with Gasteiger partial charge in [-0.3, -0.25) is 9.98 Å². The van der Waals surface area contributed by atoms with Crippen molar-refractivity contribution in [3.63, 3.8) is 0 Å². The average molecular weight is 688 g/mol. The number of rotatable bonds is 4. The summed E-state index contributed by atoms with van der Waals surface area (Å²) in [6.07, 6.45) is 2.99. The van der Waals surface area contributed by atoms with Crippen LogP contribution >= 0.6 is 45.2 Å². The number of hydrogen-bond donors (Lipinski definition) is 4. The Bertz CT molecular complexity index is 1420. The van der Waals surface area contributed by atoms with E-state index in [-0.39, 0.29) is 23.0 Å². The second kappa shape index (κ2) is 9.15. The highest BCUT2D eigenvalue weighted by Crippen LogP contribution is 2.53. The highest BCUT2D eigenvalue weighted by molar-refractivity contribution is 14.1. The first-order valence-corrected chi connectivity index (χ1v) is 12.7. The second-order valence-corrected chi connectivity index (χ2v) is 10.3. The van der Waals surface area contributed by atoms with Crippen LogP contribution in [0.4, 0.5) is 0 Å². The van der Waals surface area contributed by atoms with Crippen molar-refractivity contribution in [2.75, 3.05) is 0 Å². The van der Waals surface area contributed by atoms with E-state index in [1.165, 1.54) is 24.6 Å². The molecule has 0 aromatic heterocycles. The Morgan fingerprint density at radius 2 is 0.971 bits per heavy atom. The first kappa shape index (κ1) is 23.6. The third-order valence-corrected chi connectivity index (χ3v) is 7.70. The fraction of sp³-hybridized carbons (Fsp3) is 0.0370. The standard InChI is InChI=1S/C27H18I2N2O4/c28-19-9-3-7-17-23(19)24-18(8-4-10-20(24)29)27(17,30-13-15-5-1-11-21(32)25(15)34)31-14-16-6-2-12-22(33)26(16)35/h1-14,32-35H/b30-13+,31-14+. The first-order valence-electron chi connectivity index (χ1n) is 10.5. The molecule has 8 heteroatoms. The molecule has 0 fully saturated rings. The van der Waals surface area contributed by atoms with Gasteiger partial charge in [-0.05, 0) is 81.6 Å². The van der Waals surface area contributed by atoms with Gasteiger partial charge in [-0.2, -0.15) is 0 Å². The molecule has 0 saturated carbocycles. The largest absolute Gasteiger partial charge is 0.504 e. The third-order valence-electron chi connectivity index (χ3n) is 5.90. The number of phenolic OH excluding ortho intramolecular Hbond substituents is 4. The van der Waals surface area contributed by atoms with E-state index in [2.05, 4.69) is 45.2 Å². The maximum Gasteiger partial charge on any atom is 0.202 e. The van der Waals surface area contributed by atoms with Gasteiger partial charge in [0.25, 0.3) is 0 Å². The molecule has 0 saturated heterocycles. The molecule has 0 atom stereocenters. The van der Waals surface area contributed by atoms with Gasteiger partial charge in [-0.1, -0.05) is 36.4 Å². The minimum atomic E-state index is -1.23. The van der Waals surface area contributed by atoms with Crippen LogP contribution < -0.4 is 0 Å². The van der Waals surface area contributed by atoms with Crippen LogP contribution in [0.25, 0.3) is 11.1 Å². The summed E-state index contributed by atoms with van der Waals surface area (Å²) < 4.78 is 2.08. The van der Waals surface area contributed by atoms with Crippen molar-refractivity contribution in [1.82, 2.24) is 0 Å². The number of fused-ring (bicyclic) bond motifs is 3. The predicted octanol–water partition coefficient (Wildman–Crippen LogP) is 6.14. The maximum absolute atomic E-state index is 10.4. The van der Waals surface area contributed by atoms with Crippen molar-refractivity contribution >= 4 is 57.6 Å². The molecule has 6 nitrogen and oxygen atoms in total. The summed E-state index contributed by atoms with van der Waals surface area (Å²) in [6, 6.07) is 21.2. The average Bonchev–Trinajstić information content (AvgIpc) is 3.13. The fourth-order valence-corrected chi connectivity index (χ4v) is 5.76. The summed E-state index contributed by atoms with van der Waals surface area (Å²) in [5.41, 5.74) is 3.16. The Labute approximate surface area is 228 Å². The van der Waals surface area contributed by atoms with E-state index in [1.807, 2.05) is 36.4 Å². The molecule has 1 aliphatic rings. The lowest BCUT2D eigenvalue weighted by atomic mass is 9.97. The normalized spacial score (nSPS) is 13.9. The summed E-state index contributed by atoms with van der Waals surface area (Å²) in [5.74, 6) is -1.03. The topological polar surface area (TPSA) is 106 Å². The Morgan fingerprint density at radius 1 is 0.571 bits per heavy atom. The van der Waals surface area contributed by atoms with Crippen LogP contribution in [-0.2, 0) is 5.66 Å². The van der Waals surface area contributed by atoms with Gasteiger partial charge >= 0.3 is 0 Å². The molecule has 35 heavy (non-hydrogen) atoms. The summed E-state index contributed by atoms with van der Waals surface area (Å²) in [6.45, 7) is 0. The second-order valence-electron chi connectivity index (χ2n) is 7.94. The van der Waals surface area contributed by atoms with E-state index in [0.717, 1.165) is 29.4 Å². The molecule has 0 bridgehead atoms. The van der Waals surface area contributed by atoms with E-state index < -0.39 is 5.66 Å². The number of hydrogen-bond acceptors (Lipinski definition) is 6. The lowest BCUT2D eigenvalue weighted by molar-refractivity contribution is 0.403. The van der Waals surface area contributed by atoms with Gasteiger partial charge in [0, 0.05) is 53.0 Å². The number of para-hydroxylation sites is 2. The Kier molecular flexibility index (Phi) is 6.18. The third kappa shape index (κ3) is 3.94. The van der Waals surface area contributed by atoms with E-state index in [9.17, 15) is 20.4 Å². The molecule has 4 N–H and O–H groups in total. The molecule has 0 amide bonds. The van der Waals surface area contributed by atoms with E-state index in [4.69, 9.17) is 9.98 Å². The number of phenols is 4. The molecule has 0 aliphatic heterocycles. The van der Waals surface area contributed by atoms with E-state index in [1.54, 1.807) is 24.3 Å². The van der Waals surface area contributed by atoms with Crippen LogP contribution in [0.2, 0.25) is 0 Å². The van der Waals surface area contributed by atoms with Crippen molar-refractivity contribution in [1.29, 1.82) is 0 Å². The number of halogens is 2. The first-order chi connectivity index (χ1) is 16.8. The van der Waals surface area contributed by atoms with Gasteiger partial charge < -0.3 is 20.4 Å². The summed E-state index contributed by atoms with van der Waals surface area (Å²) >= 11 is 4.60. The van der Waals surface area contributed by atoms with E-state index >= 15 is 0 Å². The Morgan fingerprint density at radius 3 is 1.40 bits per heavy atom. The molecule has 0 unspecified atom stereocenters. The summed E-state index contributed by atoms with van der Waals surface area (Å²) in [7, 11) is 0. The molecular formula is C27H18I2N2O4. The number of benzene rings is 4. The number of nitrogens with zero attached hydrogens (tertiary/aromatic N) is 2. The van der Waals surface area contributed by atoms with Crippen LogP contribution in [0.5, 0.6) is 23.0 Å². The number of aromatic hydroxyl groups is 4. The van der Waals surface area contributed by atoms with Crippen molar-refractivity contribution < 1.29 is 20.4 Å². The van der Waals surface area contributed by atoms with Crippen molar-refractivity contribution in [2.45, 2.75) is 5.66 Å². The molecule has 4 aromatic carbocycles. The molecular weight excluding hydrogens is 670 g/mol. The number of aliphatic imine (C=N–C) groups is 2. The highest BCUT2D eigenvalue weighted by Gasteiger charge is 2.44. The zero-order valence-electron chi connectivity index (χ0n) is 18.0. The van der Waals surface area contributed by atoms with Gasteiger partial charge in [0.2, 0.25) is 5.66 Å². The monoisotopic (exact) mass is 688 g/mol. The van der Waals surface area contributed by atoms with Crippen molar-refractivity contribution in [3.05, 3.63) is 102 Å². The minimum Gasteiger partial charge on any atom is -0.504 e. The SMILES string of the molecule is Oc1cccc(/C=N/C2(/N=C/c3cccc(O)c3O)c3cccc(I)c3-c3c(I)cccc32)c1O. The van der Waals surface area contributed by atoms with E-state index in [0.29, 0.717) is 11.1 Å². The smallest absolute Gasteiger partial charge is 0.202 e. The van der Waals surface area contributed by atoms with Crippen LogP contribution in [0, 0.1) is 7.14 Å². The predicted molar refractivity (Wildman–Crippen MR) is 153 cm³/mol. The molecule has 174 valence electrons. The zero-order chi connectivity index (χ0) is 24.7. The molecule has 0 radical (unpaired) electrons. The lowest BCUT2D eigenvalue weighted by Gasteiger charge is -2.23. The lowest BCUT2D eigenvalue weighted by Crippen LogP contribution is -2.21. The van der Waals surface area contributed by atoms with Gasteiger partial charge in [-0.15, -0.1) is 0 Å². The molecule has 4 aromatic rings. The zero-order valence-corrected chi connectivity index (χ0v) is 22.3. The highest BCUT2D eigenvalue weighted by atomic mass is 127. The minimum absolute atomic E-state index is 0.243. The fourth-order valence-electron chi connectivity index (χ4n) is 4.23. The van der Waals surface area contributed by atoms with Gasteiger partial charge in [-0.25, -0.2) is 0 Å². The molecule has 5 rings (SSSR count). The Balaban J connectivity index is 1.80.